The van der Waals surface area contributed by atoms with Crippen LogP contribution in [-0.2, 0) is 13.0 Å². The maximum atomic E-state index is 14.3. The Labute approximate surface area is 183 Å². The molecule has 0 N–H and O–H groups in total. The highest BCUT2D eigenvalue weighted by Gasteiger charge is 2.23. The van der Waals surface area contributed by atoms with Crippen LogP contribution in [0.25, 0.3) is 16.8 Å². The number of hydrogen-bond acceptors (Lipinski definition) is 5. The van der Waals surface area contributed by atoms with Crippen molar-refractivity contribution in [2.45, 2.75) is 33.7 Å². The largest absolute Gasteiger partial charge is 0.350 e. The number of aryl methyl sites for hydroxylation is 2. The minimum atomic E-state index is -0.621. The van der Waals surface area contributed by atoms with Gasteiger partial charge in [0.25, 0.3) is 5.56 Å². The highest BCUT2D eigenvalue weighted by atomic mass is 19.1. The Balaban J connectivity index is 1.56. The van der Waals surface area contributed by atoms with Crippen LogP contribution in [0.4, 0.5) is 14.6 Å². The van der Waals surface area contributed by atoms with Gasteiger partial charge in [0.05, 0.1) is 0 Å². The summed E-state index contributed by atoms with van der Waals surface area (Å²) in [6.45, 7) is 6.92. The summed E-state index contributed by atoms with van der Waals surface area (Å²) in [6, 6.07) is 6.90. The second-order valence-corrected chi connectivity index (χ2v) is 8.17. The van der Waals surface area contributed by atoms with E-state index in [0.717, 1.165) is 28.5 Å². The summed E-state index contributed by atoms with van der Waals surface area (Å²) >= 11 is 0. The quantitative estimate of drug-likeness (QED) is 0.480. The lowest BCUT2D eigenvalue weighted by Crippen LogP contribution is -2.34. The van der Waals surface area contributed by atoms with Gasteiger partial charge in [-0.3, -0.25) is 9.78 Å². The minimum Gasteiger partial charge on any atom is -0.350 e. The van der Waals surface area contributed by atoms with Gasteiger partial charge in [0.15, 0.2) is 11.5 Å². The van der Waals surface area contributed by atoms with Crippen LogP contribution >= 0.6 is 0 Å². The number of pyridine rings is 1. The molecular weight excluding hydrogens is 412 g/mol. The first-order valence-electron chi connectivity index (χ1n) is 10.4. The monoisotopic (exact) mass is 433 g/mol. The Kier molecular flexibility index (Phi) is 4.73. The van der Waals surface area contributed by atoms with Gasteiger partial charge in [0, 0.05) is 71.5 Å². The van der Waals surface area contributed by atoms with Crippen LogP contribution in [0.1, 0.15) is 28.1 Å². The van der Waals surface area contributed by atoms with E-state index in [1.165, 1.54) is 22.7 Å². The third-order valence-corrected chi connectivity index (χ3v) is 6.03. The number of halogens is 2. The lowest BCUT2D eigenvalue weighted by atomic mass is 9.99. The van der Waals surface area contributed by atoms with Gasteiger partial charge in [-0.15, -0.1) is 5.10 Å². The van der Waals surface area contributed by atoms with Crippen molar-refractivity contribution in [3.63, 3.8) is 0 Å². The maximum Gasteiger partial charge on any atom is 0.274 e. The molecule has 0 atom stereocenters. The number of benzene rings is 1. The van der Waals surface area contributed by atoms with Gasteiger partial charge in [-0.05, 0) is 44.5 Å². The number of nitrogens with zero attached hydrogens (tertiary/aromatic N) is 5. The first-order valence-corrected chi connectivity index (χ1v) is 10.4. The van der Waals surface area contributed by atoms with Gasteiger partial charge in [-0.1, -0.05) is 0 Å². The van der Waals surface area contributed by atoms with E-state index in [-0.39, 0.29) is 5.56 Å². The molecule has 0 amide bonds. The van der Waals surface area contributed by atoms with E-state index >= 15 is 0 Å². The normalized spacial score (nSPS) is 13.5. The third-order valence-electron chi connectivity index (χ3n) is 6.03. The van der Waals surface area contributed by atoms with Crippen molar-refractivity contribution in [1.29, 1.82) is 0 Å². The van der Waals surface area contributed by atoms with Crippen LogP contribution in [0, 0.1) is 32.4 Å². The number of fused-ring (bicyclic) bond motifs is 2. The number of rotatable bonds is 2. The van der Waals surface area contributed by atoms with Crippen LogP contribution in [0.5, 0.6) is 0 Å². The molecule has 0 saturated carbocycles. The molecule has 3 aromatic heterocycles. The van der Waals surface area contributed by atoms with Gasteiger partial charge in [0.1, 0.15) is 11.6 Å². The average Bonchev–Trinajstić information content (AvgIpc) is 2.76. The zero-order valence-corrected chi connectivity index (χ0v) is 18.0. The summed E-state index contributed by atoms with van der Waals surface area (Å²) in [6.07, 6.45) is 2.32. The number of hydrogen-bond donors (Lipinski definition) is 0. The average molecular weight is 433 g/mol. The fourth-order valence-electron chi connectivity index (χ4n) is 4.21. The van der Waals surface area contributed by atoms with Gasteiger partial charge < -0.3 is 4.90 Å². The molecule has 0 unspecified atom stereocenters. The van der Waals surface area contributed by atoms with E-state index in [2.05, 4.69) is 20.0 Å². The Morgan fingerprint density at radius 2 is 1.84 bits per heavy atom. The fourth-order valence-corrected chi connectivity index (χ4v) is 4.21. The first kappa shape index (κ1) is 20.2. The molecule has 0 fully saturated rings. The van der Waals surface area contributed by atoms with E-state index in [4.69, 9.17) is 0 Å². The van der Waals surface area contributed by atoms with Crippen molar-refractivity contribution in [2.24, 2.45) is 0 Å². The lowest BCUT2D eigenvalue weighted by molar-refractivity contribution is 0.585. The van der Waals surface area contributed by atoms with Gasteiger partial charge in [-0.25, -0.2) is 13.8 Å². The third kappa shape index (κ3) is 3.32. The Bertz CT molecular complexity index is 1450. The van der Waals surface area contributed by atoms with Crippen LogP contribution in [0.15, 0.2) is 41.3 Å². The minimum absolute atomic E-state index is 0.218. The van der Waals surface area contributed by atoms with E-state index in [1.807, 2.05) is 19.9 Å². The van der Waals surface area contributed by atoms with Gasteiger partial charge >= 0.3 is 0 Å². The van der Waals surface area contributed by atoms with E-state index < -0.39 is 11.6 Å². The highest BCUT2D eigenvalue weighted by molar-refractivity contribution is 5.65. The Hall–Kier alpha value is -3.68. The molecule has 8 heteroatoms. The van der Waals surface area contributed by atoms with Crippen molar-refractivity contribution in [1.82, 2.24) is 19.6 Å². The smallest absolute Gasteiger partial charge is 0.274 e. The summed E-state index contributed by atoms with van der Waals surface area (Å²) in [4.78, 5) is 23.6. The topological polar surface area (TPSA) is 63.4 Å². The molecule has 5 rings (SSSR count). The predicted molar refractivity (Wildman–Crippen MR) is 118 cm³/mol. The molecule has 162 valence electrons. The standard InChI is InChI=1S/C24H21F2N5O/c1-13-8-22(32)31-23(28-13)14(2)15(3)24(29-31)30-7-6-21-17(12-30)9-16(11-27-21)19-5-4-18(25)10-20(19)26/h4-5,8-11H,6-7,12H2,1-3H3. The molecule has 0 radical (unpaired) electrons. The lowest BCUT2D eigenvalue weighted by Gasteiger charge is -2.31. The molecule has 0 bridgehead atoms. The van der Waals surface area contributed by atoms with Crippen molar-refractivity contribution in [2.75, 3.05) is 11.4 Å². The van der Waals surface area contributed by atoms with Gasteiger partial charge in [0.2, 0.25) is 0 Å². The first-order chi connectivity index (χ1) is 15.3. The zero-order valence-electron chi connectivity index (χ0n) is 18.0. The fraction of sp³-hybridized carbons (Fsp3) is 0.250. The van der Waals surface area contributed by atoms with E-state index in [0.29, 0.717) is 47.8 Å². The van der Waals surface area contributed by atoms with Crippen molar-refractivity contribution >= 4 is 11.5 Å². The molecule has 0 aliphatic carbocycles. The molecule has 1 aromatic carbocycles. The predicted octanol–water partition coefficient (Wildman–Crippen LogP) is 3.92. The summed E-state index contributed by atoms with van der Waals surface area (Å²) in [5, 5.41) is 4.62. The molecule has 6 nitrogen and oxygen atoms in total. The van der Waals surface area contributed by atoms with Crippen molar-refractivity contribution in [3.05, 3.63) is 86.6 Å². The molecule has 4 aromatic rings. The molecule has 4 heterocycles. The molecule has 1 aliphatic rings. The molecule has 32 heavy (non-hydrogen) atoms. The maximum absolute atomic E-state index is 14.3. The molecule has 1 aliphatic heterocycles. The van der Waals surface area contributed by atoms with Crippen molar-refractivity contribution in [3.8, 4) is 11.1 Å². The van der Waals surface area contributed by atoms with Crippen LogP contribution < -0.4 is 10.5 Å². The Morgan fingerprint density at radius 3 is 2.62 bits per heavy atom. The zero-order chi connectivity index (χ0) is 22.6. The van der Waals surface area contributed by atoms with Crippen LogP contribution in [0.3, 0.4) is 0 Å². The van der Waals surface area contributed by atoms with Gasteiger partial charge in [-0.2, -0.15) is 4.52 Å². The number of anilines is 1. The van der Waals surface area contributed by atoms with E-state index in [9.17, 15) is 13.6 Å². The summed E-state index contributed by atoms with van der Waals surface area (Å²) < 4.78 is 29.0. The summed E-state index contributed by atoms with van der Waals surface area (Å²) in [7, 11) is 0. The summed E-state index contributed by atoms with van der Waals surface area (Å²) in [5.41, 5.74) is 5.66. The highest BCUT2D eigenvalue weighted by Crippen LogP contribution is 2.30. The van der Waals surface area contributed by atoms with Crippen molar-refractivity contribution < 1.29 is 8.78 Å². The molecular formula is C24H21F2N5O. The number of aromatic nitrogens is 4. The Morgan fingerprint density at radius 1 is 1.03 bits per heavy atom. The SMILES string of the molecule is Cc1cc(=O)n2nc(N3CCc4ncc(-c5ccc(F)cc5F)cc4C3)c(C)c(C)c2n1. The van der Waals surface area contributed by atoms with E-state index in [1.54, 1.807) is 13.1 Å². The second kappa shape index (κ2) is 7.47. The molecule has 0 spiro atoms. The molecule has 0 saturated heterocycles. The van der Waals surface area contributed by atoms with Crippen LogP contribution in [0.2, 0.25) is 0 Å². The van der Waals surface area contributed by atoms with Crippen LogP contribution in [-0.4, -0.2) is 26.1 Å². The summed E-state index contributed by atoms with van der Waals surface area (Å²) in [5.74, 6) is -0.521. The second-order valence-electron chi connectivity index (χ2n) is 8.17.